The predicted molar refractivity (Wildman–Crippen MR) is 147 cm³/mol. The van der Waals surface area contributed by atoms with E-state index in [1.807, 2.05) is 25.1 Å². The van der Waals surface area contributed by atoms with E-state index in [9.17, 15) is 4.79 Å². The second-order valence-electron chi connectivity index (χ2n) is 8.93. The lowest BCUT2D eigenvalue weighted by Crippen LogP contribution is -2.17. The maximum atomic E-state index is 12.2. The standard InChI is InChI=1S/C30H33ClN2O4/c1-2-35-28-20-22(21-32-33-30(34)25-11-7-4-8-12-25)19-27(31)29(28)37-18-17-36-26-15-13-24(14-16-26)23-9-5-3-6-10-23/h4,7-8,11-16,19-21,23H,2-3,5-6,9-10,17-18H2,1H3,(H,33,34). The molecule has 4 rings (SSSR count). The van der Waals surface area contributed by atoms with Crippen LogP contribution in [0.2, 0.25) is 5.02 Å². The Morgan fingerprint density at radius 3 is 2.43 bits per heavy atom. The highest BCUT2D eigenvalue weighted by molar-refractivity contribution is 6.32. The summed E-state index contributed by atoms with van der Waals surface area (Å²) in [4.78, 5) is 12.2. The number of halogens is 1. The molecule has 7 heteroatoms. The first kappa shape index (κ1) is 26.6. The molecule has 1 saturated carbocycles. The lowest BCUT2D eigenvalue weighted by Gasteiger charge is -2.22. The summed E-state index contributed by atoms with van der Waals surface area (Å²) in [5.41, 5.74) is 5.11. The summed E-state index contributed by atoms with van der Waals surface area (Å²) < 4.78 is 17.5. The van der Waals surface area contributed by atoms with E-state index in [1.165, 1.54) is 43.9 Å². The highest BCUT2D eigenvalue weighted by Gasteiger charge is 2.15. The van der Waals surface area contributed by atoms with Crippen molar-refractivity contribution in [3.05, 3.63) is 88.4 Å². The second-order valence-corrected chi connectivity index (χ2v) is 9.34. The van der Waals surface area contributed by atoms with Crippen LogP contribution >= 0.6 is 11.6 Å². The summed E-state index contributed by atoms with van der Waals surface area (Å²) in [6, 6.07) is 20.8. The van der Waals surface area contributed by atoms with Gasteiger partial charge in [-0.15, -0.1) is 0 Å². The number of benzene rings is 3. The van der Waals surface area contributed by atoms with Crippen LogP contribution in [0.5, 0.6) is 17.2 Å². The first-order valence-corrected chi connectivity index (χ1v) is 13.2. The second kappa shape index (κ2) is 13.7. The number of hydrogen-bond acceptors (Lipinski definition) is 5. The van der Waals surface area contributed by atoms with Crippen molar-refractivity contribution in [2.75, 3.05) is 19.8 Å². The molecule has 37 heavy (non-hydrogen) atoms. The van der Waals surface area contributed by atoms with E-state index < -0.39 is 0 Å². The fourth-order valence-electron chi connectivity index (χ4n) is 4.46. The van der Waals surface area contributed by atoms with Crippen molar-refractivity contribution in [3.8, 4) is 17.2 Å². The minimum atomic E-state index is -0.295. The van der Waals surface area contributed by atoms with E-state index in [0.717, 1.165) is 5.75 Å². The number of nitrogens with zero attached hydrogens (tertiary/aromatic N) is 1. The van der Waals surface area contributed by atoms with Gasteiger partial charge in [-0.25, -0.2) is 5.43 Å². The third-order valence-electron chi connectivity index (χ3n) is 6.30. The molecule has 0 aliphatic heterocycles. The lowest BCUT2D eigenvalue weighted by molar-refractivity contribution is 0.0955. The third-order valence-corrected chi connectivity index (χ3v) is 6.58. The minimum absolute atomic E-state index is 0.295. The monoisotopic (exact) mass is 520 g/mol. The molecule has 3 aromatic carbocycles. The quantitative estimate of drug-likeness (QED) is 0.168. The summed E-state index contributed by atoms with van der Waals surface area (Å²) in [5, 5.41) is 4.42. The average molecular weight is 521 g/mol. The Kier molecular flexibility index (Phi) is 9.83. The van der Waals surface area contributed by atoms with Gasteiger partial charge in [-0.05, 0) is 73.2 Å². The Hall–Kier alpha value is -3.51. The van der Waals surface area contributed by atoms with Crippen molar-refractivity contribution in [2.45, 2.75) is 44.9 Å². The summed E-state index contributed by atoms with van der Waals surface area (Å²) >= 11 is 6.50. The molecule has 0 saturated heterocycles. The summed E-state index contributed by atoms with van der Waals surface area (Å²) in [6.07, 6.45) is 8.08. The normalized spacial score (nSPS) is 13.9. The number of carbonyl (C=O) groups excluding carboxylic acids is 1. The summed E-state index contributed by atoms with van der Waals surface area (Å²) in [6.45, 7) is 3.02. The maximum absolute atomic E-state index is 12.2. The Morgan fingerprint density at radius 1 is 0.973 bits per heavy atom. The Morgan fingerprint density at radius 2 is 1.70 bits per heavy atom. The van der Waals surface area contributed by atoms with E-state index in [4.69, 9.17) is 25.8 Å². The van der Waals surface area contributed by atoms with Crippen LogP contribution in [0.3, 0.4) is 0 Å². The van der Waals surface area contributed by atoms with E-state index in [1.54, 1.807) is 36.4 Å². The maximum Gasteiger partial charge on any atom is 0.271 e. The molecule has 1 aliphatic rings. The number of carbonyl (C=O) groups is 1. The molecule has 0 spiro atoms. The van der Waals surface area contributed by atoms with E-state index in [-0.39, 0.29) is 5.91 Å². The first-order valence-electron chi connectivity index (χ1n) is 12.8. The molecule has 1 fully saturated rings. The van der Waals surface area contributed by atoms with Crippen molar-refractivity contribution in [1.29, 1.82) is 0 Å². The SMILES string of the molecule is CCOc1cc(C=NNC(=O)c2ccccc2)cc(Cl)c1OCCOc1ccc(C2CCCCC2)cc1. The van der Waals surface area contributed by atoms with Gasteiger partial charge in [0.2, 0.25) is 0 Å². The Balaban J connectivity index is 1.30. The van der Waals surface area contributed by atoms with E-state index in [0.29, 0.717) is 53.4 Å². The number of hydrogen-bond donors (Lipinski definition) is 1. The highest BCUT2D eigenvalue weighted by Crippen LogP contribution is 2.36. The zero-order valence-corrected chi connectivity index (χ0v) is 21.9. The van der Waals surface area contributed by atoms with Gasteiger partial charge in [0.05, 0.1) is 17.8 Å². The molecule has 0 bridgehead atoms. The summed E-state index contributed by atoms with van der Waals surface area (Å²) in [7, 11) is 0. The van der Waals surface area contributed by atoms with Gasteiger partial charge in [0.1, 0.15) is 19.0 Å². The smallest absolute Gasteiger partial charge is 0.271 e. The van der Waals surface area contributed by atoms with Crippen molar-refractivity contribution >= 4 is 23.7 Å². The van der Waals surface area contributed by atoms with Crippen LogP contribution in [0.1, 0.15) is 66.4 Å². The lowest BCUT2D eigenvalue weighted by atomic mass is 9.84. The van der Waals surface area contributed by atoms with E-state index >= 15 is 0 Å². The van der Waals surface area contributed by atoms with Gasteiger partial charge in [-0.1, -0.05) is 61.2 Å². The van der Waals surface area contributed by atoms with Crippen molar-refractivity contribution in [3.63, 3.8) is 0 Å². The predicted octanol–water partition coefficient (Wildman–Crippen LogP) is 7.01. The summed E-state index contributed by atoms with van der Waals surface area (Å²) in [5.74, 6) is 2.16. The number of nitrogens with one attached hydrogen (secondary N) is 1. The number of ether oxygens (including phenoxy) is 3. The highest BCUT2D eigenvalue weighted by atomic mass is 35.5. The third kappa shape index (κ3) is 7.73. The van der Waals surface area contributed by atoms with Crippen LogP contribution < -0.4 is 19.6 Å². The first-order chi connectivity index (χ1) is 18.1. The largest absolute Gasteiger partial charge is 0.490 e. The molecule has 6 nitrogen and oxygen atoms in total. The molecule has 3 aromatic rings. The van der Waals surface area contributed by atoms with Gasteiger partial charge in [-0.3, -0.25) is 4.79 Å². The molecule has 1 aliphatic carbocycles. The van der Waals surface area contributed by atoms with Gasteiger partial charge >= 0.3 is 0 Å². The molecule has 1 N–H and O–H groups in total. The zero-order valence-electron chi connectivity index (χ0n) is 21.1. The molecule has 1 amide bonds. The molecular weight excluding hydrogens is 488 g/mol. The minimum Gasteiger partial charge on any atom is -0.490 e. The fraction of sp³-hybridized carbons (Fsp3) is 0.333. The van der Waals surface area contributed by atoms with Crippen molar-refractivity contribution in [2.24, 2.45) is 5.10 Å². The van der Waals surface area contributed by atoms with Crippen LogP contribution in [0.4, 0.5) is 0 Å². The molecule has 0 heterocycles. The number of hydrazone groups is 1. The Bertz CT molecular complexity index is 1180. The number of amides is 1. The molecule has 0 atom stereocenters. The Labute approximate surface area is 223 Å². The van der Waals surface area contributed by atoms with Crippen LogP contribution in [0.15, 0.2) is 71.8 Å². The van der Waals surface area contributed by atoms with Crippen molar-refractivity contribution < 1.29 is 19.0 Å². The van der Waals surface area contributed by atoms with Gasteiger partial charge in [-0.2, -0.15) is 5.10 Å². The van der Waals surface area contributed by atoms with Crippen LogP contribution in [-0.2, 0) is 0 Å². The molecular formula is C30H33ClN2O4. The van der Waals surface area contributed by atoms with Crippen LogP contribution in [0, 0.1) is 0 Å². The van der Waals surface area contributed by atoms with Gasteiger partial charge in [0.25, 0.3) is 5.91 Å². The molecule has 194 valence electrons. The topological polar surface area (TPSA) is 69.2 Å². The fourth-order valence-corrected chi connectivity index (χ4v) is 4.73. The van der Waals surface area contributed by atoms with Crippen LogP contribution in [0.25, 0.3) is 0 Å². The molecule has 0 aromatic heterocycles. The zero-order chi connectivity index (χ0) is 25.9. The van der Waals surface area contributed by atoms with Gasteiger partial charge in [0.15, 0.2) is 11.5 Å². The number of rotatable bonds is 11. The van der Waals surface area contributed by atoms with E-state index in [2.05, 4.69) is 22.7 Å². The van der Waals surface area contributed by atoms with Gasteiger partial charge in [0, 0.05) is 5.56 Å². The molecule has 0 radical (unpaired) electrons. The van der Waals surface area contributed by atoms with Gasteiger partial charge < -0.3 is 14.2 Å². The molecule has 0 unspecified atom stereocenters. The van der Waals surface area contributed by atoms with Crippen LogP contribution in [-0.4, -0.2) is 31.9 Å². The van der Waals surface area contributed by atoms with Crippen molar-refractivity contribution in [1.82, 2.24) is 5.43 Å². The average Bonchev–Trinajstić information content (AvgIpc) is 2.93.